The highest BCUT2D eigenvalue weighted by molar-refractivity contribution is 9.10. The Morgan fingerprint density at radius 3 is 2.60 bits per heavy atom. The summed E-state index contributed by atoms with van der Waals surface area (Å²) in [5.41, 5.74) is 2.75. The van der Waals surface area contributed by atoms with Gasteiger partial charge in [0.2, 0.25) is 0 Å². The van der Waals surface area contributed by atoms with Crippen LogP contribution in [0.3, 0.4) is 0 Å². The number of hydrogen-bond acceptors (Lipinski definition) is 3. The van der Waals surface area contributed by atoms with Crippen molar-refractivity contribution in [3.63, 3.8) is 0 Å². The van der Waals surface area contributed by atoms with Crippen molar-refractivity contribution in [1.82, 2.24) is 10.2 Å². The molecule has 1 heterocycles. The molecule has 1 N–H and O–H groups in total. The quantitative estimate of drug-likeness (QED) is 0.861. The molecule has 0 amide bonds. The smallest absolute Gasteiger partial charge is 0.0245 e. The van der Waals surface area contributed by atoms with Gasteiger partial charge in [-0.3, -0.25) is 4.90 Å². The van der Waals surface area contributed by atoms with Crippen LogP contribution in [0.4, 0.5) is 0 Å². The van der Waals surface area contributed by atoms with E-state index in [1.165, 1.54) is 28.7 Å². The molecule has 112 valence electrons. The van der Waals surface area contributed by atoms with Gasteiger partial charge in [-0.15, -0.1) is 0 Å². The normalized spacial score (nSPS) is 24.0. The Kier molecular flexibility index (Phi) is 6.40. The summed E-state index contributed by atoms with van der Waals surface area (Å²) in [5, 5.41) is 4.85. The lowest BCUT2D eigenvalue weighted by molar-refractivity contribution is 0.262. The number of halogens is 1. The van der Waals surface area contributed by atoms with Crippen LogP contribution in [0.15, 0.2) is 22.7 Å². The van der Waals surface area contributed by atoms with Crippen molar-refractivity contribution >= 4 is 27.7 Å². The Hall–Kier alpha value is -0.0300. The third kappa shape index (κ3) is 4.76. The fourth-order valence-corrected chi connectivity index (χ4v) is 4.69. The average molecular weight is 357 g/mol. The zero-order chi connectivity index (χ0) is 14.5. The van der Waals surface area contributed by atoms with Gasteiger partial charge >= 0.3 is 0 Å². The highest BCUT2D eigenvalue weighted by Gasteiger charge is 2.22. The monoisotopic (exact) mass is 356 g/mol. The first kappa shape index (κ1) is 16.3. The Labute approximate surface area is 135 Å². The number of hydrogen-bond donors (Lipinski definition) is 1. The van der Waals surface area contributed by atoms with Gasteiger partial charge in [0.15, 0.2) is 0 Å². The van der Waals surface area contributed by atoms with Crippen LogP contribution < -0.4 is 5.32 Å². The van der Waals surface area contributed by atoms with Crippen molar-refractivity contribution in [3.8, 4) is 0 Å². The molecule has 20 heavy (non-hydrogen) atoms. The molecule has 2 atom stereocenters. The van der Waals surface area contributed by atoms with Gasteiger partial charge < -0.3 is 5.32 Å². The molecule has 2 nitrogen and oxygen atoms in total. The fraction of sp³-hybridized carbons (Fsp3) is 0.625. The predicted molar refractivity (Wildman–Crippen MR) is 93.3 cm³/mol. The molecule has 1 fully saturated rings. The van der Waals surface area contributed by atoms with E-state index >= 15 is 0 Å². The summed E-state index contributed by atoms with van der Waals surface area (Å²) >= 11 is 5.85. The largest absolute Gasteiger partial charge is 0.313 e. The van der Waals surface area contributed by atoms with Gasteiger partial charge in [-0.1, -0.05) is 48.8 Å². The van der Waals surface area contributed by atoms with Crippen LogP contribution in [0, 0.1) is 0 Å². The molecule has 0 bridgehead atoms. The minimum atomic E-state index is 0.741. The zero-order valence-electron chi connectivity index (χ0n) is 12.7. The van der Waals surface area contributed by atoms with E-state index in [4.69, 9.17) is 0 Å². The van der Waals surface area contributed by atoms with E-state index < -0.39 is 0 Å². The molecule has 1 saturated heterocycles. The summed E-state index contributed by atoms with van der Waals surface area (Å²) in [5.74, 6) is 0. The van der Waals surface area contributed by atoms with E-state index in [9.17, 15) is 0 Å². The highest BCUT2D eigenvalue weighted by Crippen LogP contribution is 2.27. The topological polar surface area (TPSA) is 15.3 Å². The van der Waals surface area contributed by atoms with Crippen LogP contribution >= 0.6 is 27.7 Å². The third-order valence-electron chi connectivity index (χ3n) is 3.59. The van der Waals surface area contributed by atoms with Gasteiger partial charge in [-0.05, 0) is 23.7 Å². The van der Waals surface area contributed by atoms with Crippen LogP contribution in [0.2, 0.25) is 0 Å². The Morgan fingerprint density at radius 1 is 1.30 bits per heavy atom. The highest BCUT2D eigenvalue weighted by atomic mass is 79.9. The van der Waals surface area contributed by atoms with Gasteiger partial charge in [-0.25, -0.2) is 0 Å². The first-order valence-corrected chi connectivity index (χ1v) is 9.18. The van der Waals surface area contributed by atoms with E-state index in [1.807, 2.05) is 0 Å². The number of thioether (sulfide) groups is 1. The lowest BCUT2D eigenvalue weighted by Crippen LogP contribution is -2.39. The maximum Gasteiger partial charge on any atom is 0.0245 e. The molecule has 1 aromatic carbocycles. The first-order valence-electron chi connectivity index (χ1n) is 7.44. The summed E-state index contributed by atoms with van der Waals surface area (Å²) in [4.78, 5) is 2.58. The van der Waals surface area contributed by atoms with Crippen molar-refractivity contribution in [2.75, 3.05) is 19.6 Å². The molecule has 0 spiro atoms. The Balaban J connectivity index is 1.98. The molecular weight excluding hydrogens is 332 g/mol. The molecule has 0 saturated carbocycles. The zero-order valence-corrected chi connectivity index (χ0v) is 15.1. The third-order valence-corrected chi connectivity index (χ3v) is 5.55. The first-order chi connectivity index (χ1) is 9.58. The maximum absolute atomic E-state index is 3.74. The van der Waals surface area contributed by atoms with Crippen LogP contribution in [0.5, 0.6) is 0 Å². The van der Waals surface area contributed by atoms with Gasteiger partial charge in [0.05, 0.1) is 0 Å². The van der Waals surface area contributed by atoms with E-state index in [0.29, 0.717) is 0 Å². The number of benzene rings is 1. The second kappa shape index (κ2) is 7.83. The predicted octanol–water partition coefficient (Wildman–Crippen LogP) is 3.88. The van der Waals surface area contributed by atoms with Crippen LogP contribution in [0.1, 0.15) is 31.9 Å². The molecule has 0 aromatic heterocycles. The average Bonchev–Trinajstić information content (AvgIpc) is 2.38. The van der Waals surface area contributed by atoms with Gasteiger partial charge in [0.25, 0.3) is 0 Å². The fourth-order valence-electron chi connectivity index (χ4n) is 2.75. The molecule has 2 unspecified atom stereocenters. The van der Waals surface area contributed by atoms with E-state index in [2.05, 4.69) is 76.9 Å². The Morgan fingerprint density at radius 2 is 2.00 bits per heavy atom. The summed E-state index contributed by atoms with van der Waals surface area (Å²) < 4.78 is 1.24. The molecule has 1 aromatic rings. The van der Waals surface area contributed by atoms with Crippen molar-refractivity contribution in [2.45, 2.75) is 44.4 Å². The standard InChI is InChI=1S/C16H25BrN2S/c1-4-18-8-14-5-6-15(16(17)7-14)11-19-9-12(2)20-13(3)10-19/h5-7,12-13,18H,4,8-11H2,1-3H3. The summed E-state index contributed by atoms with van der Waals surface area (Å²) in [6.07, 6.45) is 0. The maximum atomic E-state index is 3.74. The molecule has 4 heteroatoms. The van der Waals surface area contributed by atoms with Crippen molar-refractivity contribution in [3.05, 3.63) is 33.8 Å². The van der Waals surface area contributed by atoms with Crippen molar-refractivity contribution in [2.24, 2.45) is 0 Å². The molecule has 2 rings (SSSR count). The van der Waals surface area contributed by atoms with Gasteiger partial charge in [-0.2, -0.15) is 11.8 Å². The van der Waals surface area contributed by atoms with Gasteiger partial charge in [0.1, 0.15) is 0 Å². The summed E-state index contributed by atoms with van der Waals surface area (Å²) in [6.45, 7) is 12.2. The molecular formula is C16H25BrN2S. The second-order valence-electron chi connectivity index (χ2n) is 5.66. The lowest BCUT2D eigenvalue weighted by Gasteiger charge is -2.34. The van der Waals surface area contributed by atoms with E-state index in [-0.39, 0.29) is 0 Å². The Bertz CT molecular complexity index is 428. The molecule has 1 aliphatic rings. The van der Waals surface area contributed by atoms with E-state index in [1.54, 1.807) is 0 Å². The van der Waals surface area contributed by atoms with Crippen LogP contribution in [-0.4, -0.2) is 35.0 Å². The lowest BCUT2D eigenvalue weighted by atomic mass is 10.1. The number of rotatable bonds is 5. The number of nitrogens with one attached hydrogen (secondary N) is 1. The minimum Gasteiger partial charge on any atom is -0.313 e. The van der Waals surface area contributed by atoms with Crippen molar-refractivity contribution < 1.29 is 0 Å². The van der Waals surface area contributed by atoms with Crippen LogP contribution in [0.25, 0.3) is 0 Å². The second-order valence-corrected chi connectivity index (χ2v) is 8.39. The SMILES string of the molecule is CCNCc1ccc(CN2CC(C)SC(C)C2)c(Br)c1. The van der Waals surface area contributed by atoms with Crippen LogP contribution in [-0.2, 0) is 13.1 Å². The molecule has 1 aliphatic heterocycles. The molecule has 0 radical (unpaired) electrons. The summed E-state index contributed by atoms with van der Waals surface area (Å²) in [7, 11) is 0. The van der Waals surface area contributed by atoms with E-state index in [0.717, 1.165) is 30.1 Å². The van der Waals surface area contributed by atoms with Gasteiger partial charge in [0, 0.05) is 41.2 Å². The number of nitrogens with zero attached hydrogens (tertiary/aromatic N) is 1. The summed E-state index contributed by atoms with van der Waals surface area (Å²) in [6, 6.07) is 6.77. The minimum absolute atomic E-state index is 0.741. The van der Waals surface area contributed by atoms with Crippen molar-refractivity contribution in [1.29, 1.82) is 0 Å². The molecule has 0 aliphatic carbocycles.